The van der Waals surface area contributed by atoms with Gasteiger partial charge in [-0.15, -0.1) is 22.7 Å². The largest absolute Gasteiger partial charge is 0.235 e. The van der Waals surface area contributed by atoms with E-state index in [1.165, 1.54) is 22.5 Å². The summed E-state index contributed by atoms with van der Waals surface area (Å²) in [4.78, 5) is 5.74. The SMILES string of the molecule is Cc1ccc(-c2csc(C(C#N)=Cc3sccc3C)n2)cc1. The normalized spacial score (nSPS) is 11.4. The maximum atomic E-state index is 9.44. The van der Waals surface area contributed by atoms with Crippen molar-refractivity contribution in [3.05, 3.63) is 62.1 Å². The first-order chi connectivity index (χ1) is 10.7. The number of aromatic nitrogens is 1. The van der Waals surface area contributed by atoms with Gasteiger partial charge in [-0.2, -0.15) is 5.26 Å². The van der Waals surface area contributed by atoms with Gasteiger partial charge >= 0.3 is 0 Å². The number of thiophene rings is 1. The third kappa shape index (κ3) is 3.01. The van der Waals surface area contributed by atoms with Crippen molar-refractivity contribution >= 4 is 34.3 Å². The molecule has 2 aromatic heterocycles. The lowest BCUT2D eigenvalue weighted by Crippen LogP contribution is -1.83. The Morgan fingerprint density at radius 2 is 1.91 bits per heavy atom. The summed E-state index contributed by atoms with van der Waals surface area (Å²) in [6.07, 6.45) is 1.93. The molecule has 1 aromatic carbocycles. The van der Waals surface area contributed by atoms with Crippen LogP contribution in [-0.2, 0) is 0 Å². The quantitative estimate of drug-likeness (QED) is 0.592. The highest BCUT2D eigenvalue weighted by Gasteiger charge is 2.10. The molecule has 3 aromatic rings. The minimum atomic E-state index is 0.619. The number of thiazole rings is 1. The summed E-state index contributed by atoms with van der Waals surface area (Å²) in [5, 5.41) is 14.3. The Morgan fingerprint density at radius 1 is 1.14 bits per heavy atom. The number of benzene rings is 1. The molecule has 22 heavy (non-hydrogen) atoms. The van der Waals surface area contributed by atoms with Gasteiger partial charge in [0.2, 0.25) is 0 Å². The van der Waals surface area contributed by atoms with Crippen molar-refractivity contribution in [1.82, 2.24) is 4.98 Å². The second-order valence-corrected chi connectivity index (χ2v) is 6.85. The standard InChI is InChI=1S/C18H14N2S2/c1-12-3-5-14(6-4-12)16-11-22-18(20-16)15(10-19)9-17-13(2)7-8-21-17/h3-9,11H,1-2H3. The van der Waals surface area contributed by atoms with E-state index in [1.54, 1.807) is 11.3 Å². The maximum absolute atomic E-state index is 9.44. The van der Waals surface area contributed by atoms with E-state index in [0.29, 0.717) is 5.57 Å². The highest BCUT2D eigenvalue weighted by molar-refractivity contribution is 7.12. The molecule has 0 aliphatic rings. The summed E-state index contributed by atoms with van der Waals surface area (Å²) in [5.74, 6) is 0. The van der Waals surface area contributed by atoms with Crippen LogP contribution in [0.1, 0.15) is 21.0 Å². The number of aryl methyl sites for hydroxylation is 2. The lowest BCUT2D eigenvalue weighted by atomic mass is 10.1. The van der Waals surface area contributed by atoms with Crippen LogP contribution in [0.3, 0.4) is 0 Å². The third-order valence-corrected chi connectivity index (χ3v) is 5.22. The molecule has 0 bridgehead atoms. The number of hydrogen-bond acceptors (Lipinski definition) is 4. The molecule has 0 amide bonds. The zero-order valence-electron chi connectivity index (χ0n) is 12.3. The summed E-state index contributed by atoms with van der Waals surface area (Å²) < 4.78 is 0. The molecule has 108 valence electrons. The maximum Gasteiger partial charge on any atom is 0.134 e. The van der Waals surface area contributed by atoms with Gasteiger partial charge in [-0.25, -0.2) is 4.98 Å². The number of hydrogen-bond donors (Lipinski definition) is 0. The molecule has 0 radical (unpaired) electrons. The molecule has 2 heterocycles. The van der Waals surface area contributed by atoms with Gasteiger partial charge in [-0.05, 0) is 36.9 Å². The van der Waals surface area contributed by atoms with Crippen LogP contribution >= 0.6 is 22.7 Å². The van der Waals surface area contributed by atoms with E-state index in [1.807, 2.05) is 16.8 Å². The van der Waals surface area contributed by atoms with E-state index in [9.17, 15) is 5.26 Å². The van der Waals surface area contributed by atoms with E-state index in [0.717, 1.165) is 21.1 Å². The predicted octanol–water partition coefficient (Wildman–Crippen LogP) is 5.55. The molecule has 0 N–H and O–H groups in total. The molecule has 4 heteroatoms. The van der Waals surface area contributed by atoms with Crippen molar-refractivity contribution < 1.29 is 0 Å². The van der Waals surface area contributed by atoms with Crippen molar-refractivity contribution in [2.75, 3.05) is 0 Å². The minimum Gasteiger partial charge on any atom is -0.235 e. The van der Waals surface area contributed by atoms with Crippen LogP contribution < -0.4 is 0 Å². The molecule has 0 fully saturated rings. The summed E-state index contributed by atoms with van der Waals surface area (Å²) in [7, 11) is 0. The summed E-state index contributed by atoms with van der Waals surface area (Å²) in [6.45, 7) is 4.12. The lowest BCUT2D eigenvalue weighted by molar-refractivity contribution is 1.36. The first-order valence-electron chi connectivity index (χ1n) is 6.86. The van der Waals surface area contributed by atoms with Gasteiger partial charge in [0.15, 0.2) is 0 Å². The van der Waals surface area contributed by atoms with Crippen LogP contribution in [0.15, 0.2) is 41.1 Å². The van der Waals surface area contributed by atoms with Crippen molar-refractivity contribution in [2.24, 2.45) is 0 Å². The average molecular weight is 322 g/mol. The monoisotopic (exact) mass is 322 g/mol. The highest BCUT2D eigenvalue weighted by atomic mass is 32.1. The molecule has 2 nitrogen and oxygen atoms in total. The molecular weight excluding hydrogens is 308 g/mol. The molecule has 0 atom stereocenters. The Bertz CT molecular complexity index is 861. The van der Waals surface area contributed by atoms with Crippen LogP contribution in [0.5, 0.6) is 0 Å². The van der Waals surface area contributed by atoms with Crippen LogP contribution in [0.2, 0.25) is 0 Å². The second kappa shape index (κ2) is 6.27. The molecule has 0 saturated carbocycles. The van der Waals surface area contributed by atoms with Crippen LogP contribution in [0, 0.1) is 25.2 Å². The van der Waals surface area contributed by atoms with Crippen LogP contribution in [0.25, 0.3) is 22.9 Å². The zero-order valence-corrected chi connectivity index (χ0v) is 14.0. The number of rotatable bonds is 3. The first kappa shape index (κ1) is 14.7. The fourth-order valence-corrected chi connectivity index (χ4v) is 3.71. The number of nitriles is 1. The zero-order chi connectivity index (χ0) is 15.5. The first-order valence-corrected chi connectivity index (χ1v) is 8.62. The second-order valence-electron chi connectivity index (χ2n) is 5.04. The third-order valence-electron chi connectivity index (χ3n) is 3.38. The van der Waals surface area contributed by atoms with Gasteiger partial charge in [0.1, 0.15) is 11.1 Å². The lowest BCUT2D eigenvalue weighted by Gasteiger charge is -1.97. The molecule has 0 aliphatic heterocycles. The summed E-state index contributed by atoms with van der Waals surface area (Å²) >= 11 is 3.15. The van der Waals surface area contributed by atoms with Crippen molar-refractivity contribution in [3.8, 4) is 17.3 Å². The fraction of sp³-hybridized carbons (Fsp3) is 0.111. The number of nitrogens with zero attached hydrogens (tertiary/aromatic N) is 2. The molecular formula is C18H14N2S2. The topological polar surface area (TPSA) is 36.7 Å². The molecule has 0 unspecified atom stereocenters. The summed E-state index contributed by atoms with van der Waals surface area (Å²) in [5.41, 5.74) is 5.04. The van der Waals surface area contributed by atoms with Crippen molar-refractivity contribution in [1.29, 1.82) is 5.26 Å². The van der Waals surface area contributed by atoms with E-state index in [2.05, 4.69) is 55.2 Å². The van der Waals surface area contributed by atoms with E-state index < -0.39 is 0 Å². The Balaban J connectivity index is 1.95. The van der Waals surface area contributed by atoms with Crippen molar-refractivity contribution in [3.63, 3.8) is 0 Å². The van der Waals surface area contributed by atoms with Crippen molar-refractivity contribution in [2.45, 2.75) is 13.8 Å². The van der Waals surface area contributed by atoms with Crippen LogP contribution in [-0.4, -0.2) is 4.98 Å². The number of allylic oxidation sites excluding steroid dienone is 1. The van der Waals surface area contributed by atoms with Gasteiger partial charge in [0, 0.05) is 15.8 Å². The predicted molar refractivity (Wildman–Crippen MR) is 94.8 cm³/mol. The Morgan fingerprint density at radius 3 is 2.55 bits per heavy atom. The minimum absolute atomic E-state index is 0.619. The Labute approximate surface area is 138 Å². The average Bonchev–Trinajstić information content (AvgIpc) is 3.15. The Hall–Kier alpha value is -2.22. The highest BCUT2D eigenvalue weighted by Crippen LogP contribution is 2.29. The molecule has 3 rings (SSSR count). The Kier molecular flexibility index (Phi) is 4.19. The molecule has 0 saturated heterocycles. The van der Waals surface area contributed by atoms with Gasteiger partial charge < -0.3 is 0 Å². The molecule has 0 spiro atoms. The van der Waals surface area contributed by atoms with E-state index in [4.69, 9.17) is 0 Å². The smallest absolute Gasteiger partial charge is 0.134 e. The van der Waals surface area contributed by atoms with Gasteiger partial charge in [0.05, 0.1) is 11.3 Å². The van der Waals surface area contributed by atoms with Crippen LogP contribution in [0.4, 0.5) is 0 Å². The fourth-order valence-electron chi connectivity index (χ4n) is 2.06. The van der Waals surface area contributed by atoms with E-state index >= 15 is 0 Å². The van der Waals surface area contributed by atoms with E-state index in [-0.39, 0.29) is 0 Å². The van der Waals surface area contributed by atoms with Gasteiger partial charge in [-0.1, -0.05) is 29.8 Å². The van der Waals surface area contributed by atoms with Gasteiger partial charge in [-0.3, -0.25) is 0 Å². The summed E-state index contributed by atoms with van der Waals surface area (Å²) in [6, 6.07) is 12.6. The molecule has 0 aliphatic carbocycles. The van der Waals surface area contributed by atoms with Gasteiger partial charge in [0.25, 0.3) is 0 Å².